The van der Waals surface area contributed by atoms with Gasteiger partial charge >= 0.3 is 0 Å². The van der Waals surface area contributed by atoms with Crippen LogP contribution in [0, 0.1) is 5.92 Å². The molecule has 0 saturated heterocycles. The van der Waals surface area contributed by atoms with Crippen molar-refractivity contribution in [3.8, 4) is 0 Å². The molecular weight excluding hydrogens is 250 g/mol. The van der Waals surface area contributed by atoms with E-state index < -0.39 is 0 Å². The van der Waals surface area contributed by atoms with E-state index in [1.54, 1.807) is 0 Å². The Morgan fingerprint density at radius 1 is 1.16 bits per heavy atom. The van der Waals surface area contributed by atoms with Crippen molar-refractivity contribution in [2.24, 2.45) is 5.92 Å². The summed E-state index contributed by atoms with van der Waals surface area (Å²) in [5.74, 6) is 0.734. The van der Waals surface area contributed by atoms with Gasteiger partial charge in [0.05, 0.1) is 0 Å². The third-order valence-corrected chi connectivity index (χ3v) is 5.51. The fourth-order valence-corrected chi connectivity index (χ4v) is 3.20. The molecule has 1 saturated carbocycles. The van der Waals surface area contributed by atoms with Gasteiger partial charge in [0.1, 0.15) is 0 Å². The summed E-state index contributed by atoms with van der Waals surface area (Å²) in [6, 6.07) is 9.60. The number of benzene rings is 1. The normalized spacial score (nSPS) is 18.6. The summed E-state index contributed by atoms with van der Waals surface area (Å²) in [6.45, 7) is 7.96. The molecule has 0 radical (unpaired) electrons. The van der Waals surface area contributed by atoms with Gasteiger partial charge in [0, 0.05) is 17.3 Å². The number of hydrogen-bond donors (Lipinski definition) is 1. The lowest BCUT2D eigenvalue weighted by atomic mass is 10.00. The summed E-state index contributed by atoms with van der Waals surface area (Å²) >= 11 is 2.02. The van der Waals surface area contributed by atoms with Gasteiger partial charge in [-0.2, -0.15) is 11.8 Å². The summed E-state index contributed by atoms with van der Waals surface area (Å²) in [4.78, 5) is 0. The maximum atomic E-state index is 3.69. The van der Waals surface area contributed by atoms with E-state index in [1.165, 1.54) is 30.4 Å². The minimum absolute atomic E-state index is 0.456. The van der Waals surface area contributed by atoms with Gasteiger partial charge in [0.2, 0.25) is 0 Å². The van der Waals surface area contributed by atoms with Crippen LogP contribution in [0.15, 0.2) is 24.3 Å². The van der Waals surface area contributed by atoms with Gasteiger partial charge in [-0.15, -0.1) is 0 Å². The number of rotatable bonds is 7. The predicted molar refractivity (Wildman–Crippen MR) is 86.9 cm³/mol. The average molecular weight is 277 g/mol. The minimum Gasteiger partial charge on any atom is -0.309 e. The number of hydrogen-bond acceptors (Lipinski definition) is 2. The van der Waals surface area contributed by atoms with Crippen LogP contribution >= 0.6 is 11.8 Å². The van der Waals surface area contributed by atoms with Crippen molar-refractivity contribution in [2.45, 2.75) is 50.8 Å². The fraction of sp³-hybridized carbons (Fsp3) is 0.647. The first-order chi connectivity index (χ1) is 9.04. The third-order valence-electron chi connectivity index (χ3n) is 4.09. The van der Waals surface area contributed by atoms with Crippen molar-refractivity contribution < 1.29 is 0 Å². The van der Waals surface area contributed by atoms with E-state index in [4.69, 9.17) is 0 Å². The highest BCUT2D eigenvalue weighted by Gasteiger charge is 2.41. The van der Waals surface area contributed by atoms with E-state index in [0.29, 0.717) is 10.8 Å². The average Bonchev–Trinajstić information content (AvgIpc) is 3.17. The third kappa shape index (κ3) is 4.25. The Morgan fingerprint density at radius 2 is 1.79 bits per heavy atom. The molecule has 1 atom stereocenters. The molecule has 2 heteroatoms. The smallest absolute Gasteiger partial charge is 0.0292 e. The molecule has 19 heavy (non-hydrogen) atoms. The monoisotopic (exact) mass is 277 g/mol. The highest BCUT2D eigenvalue weighted by Crippen LogP contribution is 2.46. The molecule has 0 bridgehead atoms. The van der Waals surface area contributed by atoms with Crippen LogP contribution in [-0.2, 0) is 6.42 Å². The molecule has 0 amide bonds. The van der Waals surface area contributed by atoms with E-state index in [9.17, 15) is 0 Å². The van der Waals surface area contributed by atoms with Gasteiger partial charge in [0.25, 0.3) is 0 Å². The van der Waals surface area contributed by atoms with Crippen LogP contribution in [0.1, 0.15) is 50.8 Å². The van der Waals surface area contributed by atoms with Crippen molar-refractivity contribution in [1.82, 2.24) is 5.32 Å². The van der Waals surface area contributed by atoms with Crippen LogP contribution in [0.5, 0.6) is 0 Å². The second kappa shape index (κ2) is 6.32. The first kappa shape index (κ1) is 14.9. The zero-order valence-corrected chi connectivity index (χ0v) is 13.5. The summed E-state index contributed by atoms with van der Waals surface area (Å²) in [7, 11) is 0. The van der Waals surface area contributed by atoms with Crippen LogP contribution in [0.4, 0.5) is 0 Å². The Morgan fingerprint density at radius 3 is 2.26 bits per heavy atom. The lowest BCUT2D eigenvalue weighted by Crippen LogP contribution is -2.28. The highest BCUT2D eigenvalue weighted by atomic mass is 32.2. The number of thioether (sulfide) groups is 1. The van der Waals surface area contributed by atoms with Crippen molar-refractivity contribution in [3.05, 3.63) is 35.4 Å². The molecule has 1 N–H and O–H groups in total. The predicted octanol–water partition coefficient (Wildman–Crippen LogP) is 4.43. The van der Waals surface area contributed by atoms with E-state index in [-0.39, 0.29) is 0 Å². The molecule has 1 nitrogen and oxygen atoms in total. The molecule has 1 unspecified atom stereocenters. The minimum atomic E-state index is 0.456. The summed E-state index contributed by atoms with van der Waals surface area (Å²) in [6.07, 6.45) is 6.17. The van der Waals surface area contributed by atoms with Gasteiger partial charge in [-0.3, -0.25) is 0 Å². The van der Waals surface area contributed by atoms with E-state index in [1.807, 2.05) is 11.8 Å². The molecule has 0 aliphatic heterocycles. The van der Waals surface area contributed by atoms with Crippen LogP contribution < -0.4 is 5.32 Å². The second-order valence-corrected chi connectivity index (χ2v) is 7.60. The first-order valence-electron chi connectivity index (χ1n) is 7.42. The molecule has 1 aliphatic carbocycles. The molecule has 0 heterocycles. The topological polar surface area (TPSA) is 12.0 Å². The van der Waals surface area contributed by atoms with Gasteiger partial charge < -0.3 is 5.32 Å². The molecule has 0 aromatic heterocycles. The van der Waals surface area contributed by atoms with E-state index in [2.05, 4.69) is 56.6 Å². The largest absolute Gasteiger partial charge is 0.309 e. The molecule has 1 aromatic carbocycles. The van der Waals surface area contributed by atoms with Gasteiger partial charge in [-0.1, -0.05) is 38.1 Å². The molecule has 0 spiro atoms. The molecule has 1 aliphatic rings. The van der Waals surface area contributed by atoms with Crippen LogP contribution in [0.3, 0.4) is 0 Å². The molecule has 1 aromatic rings. The van der Waals surface area contributed by atoms with Crippen molar-refractivity contribution in [2.75, 3.05) is 12.8 Å². The Hall–Kier alpha value is -0.470. The van der Waals surface area contributed by atoms with Crippen molar-refractivity contribution in [1.29, 1.82) is 0 Å². The standard InChI is InChI=1S/C17H27NS/c1-13(2)11-15-5-7-16(8-6-15)14(3)18-12-17(19-4)9-10-17/h5-8,13-14,18H,9-12H2,1-4H3. The first-order valence-corrected chi connectivity index (χ1v) is 8.64. The summed E-state index contributed by atoms with van der Waals surface area (Å²) in [5, 5.41) is 3.69. The summed E-state index contributed by atoms with van der Waals surface area (Å²) in [5.41, 5.74) is 2.86. The molecule has 2 rings (SSSR count). The van der Waals surface area contributed by atoms with E-state index in [0.717, 1.165) is 12.5 Å². The van der Waals surface area contributed by atoms with E-state index >= 15 is 0 Å². The van der Waals surface area contributed by atoms with Crippen LogP contribution in [-0.4, -0.2) is 17.5 Å². The number of nitrogens with one attached hydrogen (secondary N) is 1. The SMILES string of the molecule is CSC1(CNC(C)c2ccc(CC(C)C)cc2)CC1. The van der Waals surface area contributed by atoms with Crippen molar-refractivity contribution >= 4 is 11.8 Å². The highest BCUT2D eigenvalue weighted by molar-refractivity contribution is 8.00. The zero-order chi connectivity index (χ0) is 13.9. The molecule has 106 valence electrons. The zero-order valence-electron chi connectivity index (χ0n) is 12.7. The Kier molecular flexibility index (Phi) is 4.97. The lowest BCUT2D eigenvalue weighted by Gasteiger charge is -2.19. The van der Waals surface area contributed by atoms with Gasteiger partial charge in [-0.05, 0) is 49.5 Å². The maximum absolute atomic E-state index is 3.69. The Labute approximate surface area is 122 Å². The van der Waals surface area contributed by atoms with Crippen LogP contribution in [0.25, 0.3) is 0 Å². The van der Waals surface area contributed by atoms with Gasteiger partial charge in [-0.25, -0.2) is 0 Å². The Balaban J connectivity index is 1.86. The lowest BCUT2D eigenvalue weighted by molar-refractivity contribution is 0.563. The molecular formula is C17H27NS. The second-order valence-electron chi connectivity index (χ2n) is 6.33. The van der Waals surface area contributed by atoms with Gasteiger partial charge in [0.15, 0.2) is 0 Å². The maximum Gasteiger partial charge on any atom is 0.0292 e. The Bertz CT molecular complexity index is 392. The summed E-state index contributed by atoms with van der Waals surface area (Å²) < 4.78 is 0.547. The van der Waals surface area contributed by atoms with Crippen molar-refractivity contribution in [3.63, 3.8) is 0 Å². The molecule has 1 fully saturated rings. The van der Waals surface area contributed by atoms with Crippen LogP contribution in [0.2, 0.25) is 0 Å². The fourth-order valence-electron chi connectivity index (χ4n) is 2.46. The quantitative estimate of drug-likeness (QED) is 0.791.